The Labute approximate surface area is 185 Å². The minimum absolute atomic E-state index is 0.227. The summed E-state index contributed by atoms with van der Waals surface area (Å²) in [4.78, 5) is 17.0. The summed E-state index contributed by atoms with van der Waals surface area (Å²) in [7, 11) is 0. The molecule has 0 saturated carbocycles. The van der Waals surface area contributed by atoms with E-state index in [9.17, 15) is 4.79 Å². The second-order valence-corrected chi connectivity index (χ2v) is 9.41. The van der Waals surface area contributed by atoms with Crippen molar-refractivity contribution in [3.63, 3.8) is 0 Å². The van der Waals surface area contributed by atoms with E-state index in [4.69, 9.17) is 9.47 Å². The van der Waals surface area contributed by atoms with Crippen molar-refractivity contribution >= 4 is 11.8 Å². The van der Waals surface area contributed by atoms with E-state index in [2.05, 4.69) is 42.2 Å². The molecular formula is C26H34N2O3. The Morgan fingerprint density at radius 1 is 1.10 bits per heavy atom. The van der Waals surface area contributed by atoms with Gasteiger partial charge in [0.1, 0.15) is 12.2 Å². The fraction of sp³-hybridized carbons (Fsp3) is 0.500. The van der Waals surface area contributed by atoms with Crippen molar-refractivity contribution in [2.75, 3.05) is 37.7 Å². The van der Waals surface area contributed by atoms with E-state index >= 15 is 0 Å². The van der Waals surface area contributed by atoms with E-state index in [0.717, 1.165) is 38.1 Å². The molecule has 2 aliphatic rings. The Balaban J connectivity index is 1.75. The maximum atomic E-state index is 12.7. The summed E-state index contributed by atoms with van der Waals surface area (Å²) in [5.74, 6) is 0.996. The van der Waals surface area contributed by atoms with Gasteiger partial charge in [-0.15, -0.1) is 0 Å². The van der Waals surface area contributed by atoms with Crippen LogP contribution in [0.3, 0.4) is 0 Å². The smallest absolute Gasteiger partial charge is 0.410 e. The zero-order valence-electron chi connectivity index (χ0n) is 19.2. The molecule has 2 aromatic rings. The number of rotatable bonds is 3. The van der Waals surface area contributed by atoms with Gasteiger partial charge in [0.15, 0.2) is 5.75 Å². The van der Waals surface area contributed by atoms with Gasteiger partial charge in [0.05, 0.1) is 12.2 Å². The molecule has 0 fully saturated rings. The topological polar surface area (TPSA) is 42.0 Å². The number of benzene rings is 2. The van der Waals surface area contributed by atoms with Crippen LogP contribution < -0.4 is 9.64 Å². The third-order valence-corrected chi connectivity index (χ3v) is 5.90. The van der Waals surface area contributed by atoms with Gasteiger partial charge in [-0.1, -0.05) is 37.3 Å². The van der Waals surface area contributed by atoms with Crippen LogP contribution in [-0.4, -0.2) is 49.4 Å². The SMILES string of the molecule is CCCN1CCOc2c1cc1c(c2-c2ccccc2)CCN(C(=O)OC(C)(C)C)CC1. The van der Waals surface area contributed by atoms with E-state index < -0.39 is 5.60 Å². The average molecular weight is 423 g/mol. The van der Waals surface area contributed by atoms with Gasteiger partial charge in [-0.2, -0.15) is 0 Å². The lowest BCUT2D eigenvalue weighted by atomic mass is 9.90. The van der Waals surface area contributed by atoms with Crippen molar-refractivity contribution in [2.24, 2.45) is 0 Å². The first kappa shape index (κ1) is 21.5. The van der Waals surface area contributed by atoms with Gasteiger partial charge in [-0.05, 0) is 62.8 Å². The fourth-order valence-corrected chi connectivity index (χ4v) is 4.55. The number of nitrogens with zero attached hydrogens (tertiary/aromatic N) is 2. The van der Waals surface area contributed by atoms with Gasteiger partial charge in [-0.25, -0.2) is 4.79 Å². The number of carbonyl (C=O) groups excluding carboxylic acids is 1. The van der Waals surface area contributed by atoms with Gasteiger partial charge in [-0.3, -0.25) is 0 Å². The minimum atomic E-state index is -0.487. The molecule has 166 valence electrons. The van der Waals surface area contributed by atoms with Crippen LogP contribution in [-0.2, 0) is 17.6 Å². The normalized spacial score (nSPS) is 16.1. The number of amides is 1. The van der Waals surface area contributed by atoms with Gasteiger partial charge in [0.2, 0.25) is 0 Å². The molecule has 0 saturated heterocycles. The predicted octanol–water partition coefficient (Wildman–Crippen LogP) is 5.30. The van der Waals surface area contributed by atoms with Crippen LogP contribution in [0.2, 0.25) is 0 Å². The van der Waals surface area contributed by atoms with Crippen LogP contribution in [0.5, 0.6) is 5.75 Å². The lowest BCUT2D eigenvalue weighted by Gasteiger charge is -2.34. The zero-order valence-corrected chi connectivity index (χ0v) is 19.2. The Kier molecular flexibility index (Phi) is 6.12. The van der Waals surface area contributed by atoms with Crippen molar-refractivity contribution in [3.05, 3.63) is 47.5 Å². The number of carbonyl (C=O) groups is 1. The molecule has 4 rings (SSSR count). The summed E-state index contributed by atoms with van der Waals surface area (Å²) >= 11 is 0. The van der Waals surface area contributed by atoms with Crippen LogP contribution in [0, 0.1) is 0 Å². The number of anilines is 1. The second kappa shape index (κ2) is 8.81. The molecular weight excluding hydrogens is 388 g/mol. The molecule has 2 aliphatic heterocycles. The summed E-state index contributed by atoms with van der Waals surface area (Å²) in [5.41, 5.74) is 5.69. The number of fused-ring (bicyclic) bond motifs is 2. The Morgan fingerprint density at radius 2 is 1.84 bits per heavy atom. The molecule has 31 heavy (non-hydrogen) atoms. The van der Waals surface area contributed by atoms with Crippen molar-refractivity contribution in [3.8, 4) is 16.9 Å². The van der Waals surface area contributed by atoms with Crippen molar-refractivity contribution in [1.29, 1.82) is 0 Å². The Morgan fingerprint density at radius 3 is 2.55 bits per heavy atom. The number of hydrogen-bond acceptors (Lipinski definition) is 4. The summed E-state index contributed by atoms with van der Waals surface area (Å²) < 4.78 is 11.9. The van der Waals surface area contributed by atoms with Gasteiger partial charge >= 0.3 is 6.09 Å². The van der Waals surface area contributed by atoms with Crippen molar-refractivity contribution in [1.82, 2.24) is 4.90 Å². The largest absolute Gasteiger partial charge is 0.489 e. The summed E-state index contributed by atoms with van der Waals surface area (Å²) in [5, 5.41) is 0. The highest BCUT2D eigenvalue weighted by atomic mass is 16.6. The van der Waals surface area contributed by atoms with E-state index in [0.29, 0.717) is 19.7 Å². The second-order valence-electron chi connectivity index (χ2n) is 9.41. The fourth-order valence-electron chi connectivity index (χ4n) is 4.55. The number of hydrogen-bond donors (Lipinski definition) is 0. The Bertz CT molecular complexity index is 934. The molecule has 1 amide bonds. The van der Waals surface area contributed by atoms with E-state index in [1.807, 2.05) is 31.7 Å². The third-order valence-electron chi connectivity index (χ3n) is 5.90. The van der Waals surface area contributed by atoms with Crippen molar-refractivity contribution in [2.45, 2.75) is 52.6 Å². The molecule has 0 unspecified atom stereocenters. The molecule has 0 radical (unpaired) electrons. The van der Waals surface area contributed by atoms with Crippen molar-refractivity contribution < 1.29 is 14.3 Å². The molecule has 2 aromatic carbocycles. The van der Waals surface area contributed by atoms with E-state index in [1.165, 1.54) is 27.9 Å². The monoisotopic (exact) mass is 422 g/mol. The maximum absolute atomic E-state index is 12.7. The minimum Gasteiger partial charge on any atom is -0.489 e. The van der Waals surface area contributed by atoms with Crippen LogP contribution in [0.25, 0.3) is 11.1 Å². The van der Waals surface area contributed by atoms with Gasteiger partial charge in [0, 0.05) is 25.2 Å². The predicted molar refractivity (Wildman–Crippen MR) is 125 cm³/mol. The first-order valence-corrected chi connectivity index (χ1v) is 11.5. The highest BCUT2D eigenvalue weighted by Crippen LogP contribution is 2.45. The summed E-state index contributed by atoms with van der Waals surface area (Å²) in [6, 6.07) is 12.8. The first-order chi connectivity index (χ1) is 14.9. The molecule has 0 aliphatic carbocycles. The molecule has 0 atom stereocenters. The molecule has 0 bridgehead atoms. The summed E-state index contributed by atoms with van der Waals surface area (Å²) in [6.45, 7) is 11.9. The third kappa shape index (κ3) is 4.65. The van der Waals surface area contributed by atoms with E-state index in [-0.39, 0.29) is 6.09 Å². The molecule has 5 nitrogen and oxygen atoms in total. The maximum Gasteiger partial charge on any atom is 0.410 e. The highest BCUT2D eigenvalue weighted by molar-refractivity contribution is 5.84. The van der Waals surface area contributed by atoms with Crippen LogP contribution >= 0.6 is 0 Å². The van der Waals surface area contributed by atoms with Crippen LogP contribution in [0.15, 0.2) is 36.4 Å². The molecule has 0 aromatic heterocycles. The molecule has 0 spiro atoms. The zero-order chi connectivity index (χ0) is 22.0. The lowest BCUT2D eigenvalue weighted by Crippen LogP contribution is -2.38. The Hall–Kier alpha value is -2.69. The van der Waals surface area contributed by atoms with E-state index in [1.54, 1.807) is 0 Å². The first-order valence-electron chi connectivity index (χ1n) is 11.5. The lowest BCUT2D eigenvalue weighted by molar-refractivity contribution is 0.0258. The van der Waals surface area contributed by atoms with Gasteiger partial charge < -0.3 is 19.3 Å². The quantitative estimate of drug-likeness (QED) is 0.673. The number of ether oxygens (including phenoxy) is 2. The molecule has 5 heteroatoms. The standard InChI is InChI=1S/C26H34N2O3/c1-5-13-27-16-17-30-24-22(27)18-20-11-14-28(25(29)31-26(2,3)4)15-12-21(20)23(24)19-9-7-6-8-10-19/h6-10,18H,5,11-17H2,1-4H3. The highest BCUT2D eigenvalue weighted by Gasteiger charge is 2.30. The average Bonchev–Trinajstić information content (AvgIpc) is 2.95. The van der Waals surface area contributed by atoms with Crippen LogP contribution in [0.1, 0.15) is 45.2 Å². The van der Waals surface area contributed by atoms with Gasteiger partial charge in [0.25, 0.3) is 0 Å². The van der Waals surface area contributed by atoms with Crippen LogP contribution in [0.4, 0.5) is 10.5 Å². The molecule has 2 heterocycles. The summed E-state index contributed by atoms with van der Waals surface area (Å²) in [6.07, 6.45) is 2.49. The molecule has 0 N–H and O–H groups in total.